The number of nitrogens with one attached hydrogen (secondary N) is 2. The van der Waals surface area contributed by atoms with Crippen molar-refractivity contribution >= 4 is 35.0 Å². The quantitative estimate of drug-likeness (QED) is 0.823. The van der Waals surface area contributed by atoms with E-state index in [2.05, 4.69) is 10.6 Å². The van der Waals surface area contributed by atoms with Crippen molar-refractivity contribution in [3.8, 4) is 5.75 Å². The van der Waals surface area contributed by atoms with Gasteiger partial charge in [-0.25, -0.2) is 0 Å². The summed E-state index contributed by atoms with van der Waals surface area (Å²) >= 11 is 1.42. The molecule has 1 aliphatic rings. The lowest BCUT2D eigenvalue weighted by Crippen LogP contribution is -2.32. The van der Waals surface area contributed by atoms with Crippen LogP contribution in [-0.4, -0.2) is 23.7 Å². The van der Waals surface area contributed by atoms with Crippen LogP contribution < -0.4 is 15.4 Å². The molecule has 2 N–H and O–H groups in total. The molecule has 1 unspecified atom stereocenters. The summed E-state index contributed by atoms with van der Waals surface area (Å²) in [7, 11) is 0. The second kappa shape index (κ2) is 8.07. The Morgan fingerprint density at radius 1 is 1.20 bits per heavy atom. The Morgan fingerprint density at radius 3 is 2.80 bits per heavy atom. The van der Waals surface area contributed by atoms with Gasteiger partial charge in [0.15, 0.2) is 0 Å². The lowest BCUT2D eigenvalue weighted by molar-refractivity contribution is -0.120. The van der Waals surface area contributed by atoms with Crippen LogP contribution in [-0.2, 0) is 9.59 Å². The third kappa shape index (κ3) is 4.33. The van der Waals surface area contributed by atoms with Crippen molar-refractivity contribution in [1.29, 1.82) is 0 Å². The van der Waals surface area contributed by atoms with E-state index in [1.165, 1.54) is 11.8 Å². The molecule has 0 fully saturated rings. The summed E-state index contributed by atoms with van der Waals surface area (Å²) in [6.45, 7) is 2.61. The number of ether oxygens (including phenoxy) is 1. The van der Waals surface area contributed by atoms with E-state index in [0.717, 1.165) is 17.0 Å². The molecule has 1 heterocycles. The maximum absolute atomic E-state index is 12.4. The Kier molecular flexibility index (Phi) is 5.60. The average molecular weight is 356 g/mol. The first-order valence-electron chi connectivity index (χ1n) is 8.25. The van der Waals surface area contributed by atoms with Crippen molar-refractivity contribution in [3.05, 3.63) is 48.5 Å². The number of carbonyl (C=O) groups excluding carboxylic acids is 2. The normalized spacial score (nSPS) is 15.9. The van der Waals surface area contributed by atoms with Gasteiger partial charge in [-0.15, -0.1) is 11.8 Å². The Bertz CT molecular complexity index is 779. The number of benzene rings is 2. The number of carbonyl (C=O) groups is 2. The Hall–Kier alpha value is -2.47. The number of para-hydroxylation sites is 3. The molecule has 2 aromatic carbocycles. The minimum Gasteiger partial charge on any atom is -0.491 e. The smallest absolute Gasteiger partial charge is 0.238 e. The number of rotatable bonds is 6. The van der Waals surface area contributed by atoms with Crippen LogP contribution in [0.3, 0.4) is 0 Å². The Balaban J connectivity index is 1.65. The van der Waals surface area contributed by atoms with E-state index in [0.29, 0.717) is 18.0 Å². The molecule has 0 aliphatic carbocycles. The van der Waals surface area contributed by atoms with E-state index in [-0.39, 0.29) is 18.2 Å². The number of fused-ring (bicyclic) bond motifs is 1. The van der Waals surface area contributed by atoms with E-state index in [1.54, 1.807) is 6.07 Å². The van der Waals surface area contributed by atoms with Crippen molar-refractivity contribution in [2.45, 2.75) is 29.9 Å². The van der Waals surface area contributed by atoms with Crippen LogP contribution in [0.4, 0.5) is 11.4 Å². The van der Waals surface area contributed by atoms with Crippen molar-refractivity contribution in [3.63, 3.8) is 0 Å². The highest BCUT2D eigenvalue weighted by Gasteiger charge is 2.28. The van der Waals surface area contributed by atoms with E-state index in [9.17, 15) is 9.59 Å². The predicted octanol–water partition coefficient (Wildman–Crippen LogP) is 3.92. The molecule has 6 heteroatoms. The average Bonchev–Trinajstić information content (AvgIpc) is 2.61. The van der Waals surface area contributed by atoms with Crippen molar-refractivity contribution < 1.29 is 14.3 Å². The summed E-state index contributed by atoms with van der Waals surface area (Å²) in [6.07, 6.45) is 0.994. The predicted molar refractivity (Wildman–Crippen MR) is 100 cm³/mol. The summed E-state index contributed by atoms with van der Waals surface area (Å²) in [5, 5.41) is 5.26. The van der Waals surface area contributed by atoms with Gasteiger partial charge in [0.05, 0.1) is 23.2 Å². The summed E-state index contributed by atoms with van der Waals surface area (Å²) in [4.78, 5) is 25.6. The molecular weight excluding hydrogens is 336 g/mol. The lowest BCUT2D eigenvalue weighted by atomic mass is 10.2. The highest BCUT2D eigenvalue weighted by molar-refractivity contribution is 8.01. The molecule has 2 amide bonds. The number of anilines is 2. The van der Waals surface area contributed by atoms with Gasteiger partial charge in [-0.3, -0.25) is 9.59 Å². The van der Waals surface area contributed by atoms with Crippen LogP contribution in [0.1, 0.15) is 19.8 Å². The molecular formula is C19H20N2O3S. The molecule has 2 aromatic rings. The molecule has 0 aromatic heterocycles. The van der Waals surface area contributed by atoms with E-state index in [1.807, 2.05) is 49.4 Å². The highest BCUT2D eigenvalue weighted by atomic mass is 32.2. The van der Waals surface area contributed by atoms with Crippen LogP contribution in [0.15, 0.2) is 53.4 Å². The zero-order chi connectivity index (χ0) is 17.6. The number of thioether (sulfide) groups is 1. The van der Waals surface area contributed by atoms with Gasteiger partial charge < -0.3 is 15.4 Å². The first-order valence-corrected chi connectivity index (χ1v) is 9.13. The van der Waals surface area contributed by atoms with Crippen LogP contribution in [0.25, 0.3) is 0 Å². The second-order valence-corrected chi connectivity index (χ2v) is 6.93. The lowest BCUT2D eigenvalue weighted by Gasteiger charge is -2.23. The maximum Gasteiger partial charge on any atom is 0.238 e. The standard InChI is InChI=1S/C19H20N2O3S/c1-2-11-24-15-9-5-3-7-13(15)20-18(22)12-17-19(23)21-14-8-4-6-10-16(14)25-17/h3-10,17H,2,11-12H2,1H3,(H,20,22)(H,21,23). The summed E-state index contributed by atoms with van der Waals surface area (Å²) in [6, 6.07) is 14.9. The van der Waals surface area contributed by atoms with Gasteiger partial charge in [0.1, 0.15) is 5.75 Å². The molecule has 0 saturated carbocycles. The van der Waals surface area contributed by atoms with E-state index in [4.69, 9.17) is 4.74 Å². The van der Waals surface area contributed by atoms with Gasteiger partial charge in [0.25, 0.3) is 0 Å². The largest absolute Gasteiger partial charge is 0.491 e. The number of hydrogen-bond donors (Lipinski definition) is 2. The molecule has 130 valence electrons. The first-order chi connectivity index (χ1) is 12.2. The van der Waals surface area contributed by atoms with E-state index >= 15 is 0 Å². The van der Waals surface area contributed by atoms with Crippen molar-refractivity contribution in [2.24, 2.45) is 0 Å². The monoisotopic (exact) mass is 356 g/mol. The topological polar surface area (TPSA) is 67.4 Å². The number of hydrogen-bond acceptors (Lipinski definition) is 4. The zero-order valence-electron chi connectivity index (χ0n) is 14.0. The fraction of sp³-hybridized carbons (Fsp3) is 0.263. The number of amides is 2. The third-order valence-electron chi connectivity index (χ3n) is 3.70. The van der Waals surface area contributed by atoms with Gasteiger partial charge in [0.2, 0.25) is 11.8 Å². The maximum atomic E-state index is 12.4. The van der Waals surface area contributed by atoms with Crippen LogP contribution in [0.5, 0.6) is 5.75 Å². The second-order valence-electron chi connectivity index (χ2n) is 5.69. The summed E-state index contributed by atoms with van der Waals surface area (Å²) in [5.41, 5.74) is 1.43. The third-order valence-corrected chi connectivity index (χ3v) is 4.98. The molecule has 0 spiro atoms. The van der Waals surface area contributed by atoms with Crippen molar-refractivity contribution in [1.82, 2.24) is 0 Å². The molecule has 0 saturated heterocycles. The minimum atomic E-state index is -0.446. The molecule has 0 bridgehead atoms. The van der Waals surface area contributed by atoms with Crippen LogP contribution in [0, 0.1) is 0 Å². The van der Waals surface area contributed by atoms with Crippen LogP contribution >= 0.6 is 11.8 Å². The van der Waals surface area contributed by atoms with Gasteiger partial charge in [0, 0.05) is 11.3 Å². The van der Waals surface area contributed by atoms with Crippen LogP contribution in [0.2, 0.25) is 0 Å². The van der Waals surface area contributed by atoms with Gasteiger partial charge >= 0.3 is 0 Å². The van der Waals surface area contributed by atoms with Gasteiger partial charge in [-0.1, -0.05) is 31.2 Å². The van der Waals surface area contributed by atoms with E-state index < -0.39 is 5.25 Å². The molecule has 1 atom stereocenters. The fourth-order valence-corrected chi connectivity index (χ4v) is 3.61. The molecule has 5 nitrogen and oxygen atoms in total. The molecule has 1 aliphatic heterocycles. The highest BCUT2D eigenvalue weighted by Crippen LogP contribution is 2.36. The molecule has 3 rings (SSSR count). The molecule has 25 heavy (non-hydrogen) atoms. The fourth-order valence-electron chi connectivity index (χ4n) is 2.50. The SMILES string of the molecule is CCCOc1ccccc1NC(=O)CC1Sc2ccccc2NC1=O. The molecule has 0 radical (unpaired) electrons. The van der Waals surface area contributed by atoms with Gasteiger partial charge in [-0.2, -0.15) is 0 Å². The first kappa shape index (κ1) is 17.4. The summed E-state index contributed by atoms with van der Waals surface area (Å²) in [5.74, 6) is 0.290. The summed E-state index contributed by atoms with van der Waals surface area (Å²) < 4.78 is 5.65. The Morgan fingerprint density at radius 2 is 1.96 bits per heavy atom. The van der Waals surface area contributed by atoms with Gasteiger partial charge in [-0.05, 0) is 30.7 Å². The minimum absolute atomic E-state index is 0.104. The zero-order valence-corrected chi connectivity index (χ0v) is 14.8. The Labute approximate surface area is 151 Å². The van der Waals surface area contributed by atoms with Crippen molar-refractivity contribution in [2.75, 3.05) is 17.2 Å².